The van der Waals surface area contributed by atoms with E-state index in [2.05, 4.69) is 15.8 Å². The highest BCUT2D eigenvalue weighted by atomic mass is 32.1. The van der Waals surface area contributed by atoms with Crippen LogP contribution in [0.15, 0.2) is 47.6 Å². The van der Waals surface area contributed by atoms with Crippen LogP contribution in [0, 0.1) is 6.92 Å². The van der Waals surface area contributed by atoms with E-state index in [1.165, 1.54) is 25.6 Å². The molecule has 1 aliphatic rings. The summed E-state index contributed by atoms with van der Waals surface area (Å²) in [5.41, 5.74) is 5.54. The van der Waals surface area contributed by atoms with E-state index in [9.17, 15) is 19.2 Å². The molecule has 0 fully saturated rings. The largest absolute Gasteiger partial charge is 0.493 e. The van der Waals surface area contributed by atoms with Crippen molar-refractivity contribution in [3.63, 3.8) is 0 Å². The zero-order valence-electron chi connectivity index (χ0n) is 21.9. The Morgan fingerprint density at radius 2 is 1.72 bits per heavy atom. The number of anilines is 1. The number of hydrogen-bond donors (Lipinski definition) is 2. The Bertz CT molecular complexity index is 1490. The first-order chi connectivity index (χ1) is 18.7. The predicted octanol–water partition coefficient (Wildman–Crippen LogP) is 4.04. The second-order valence-corrected chi connectivity index (χ2v) is 9.82. The molecule has 202 valence electrons. The molecule has 10 nitrogen and oxygen atoms in total. The first-order valence-electron chi connectivity index (χ1n) is 12.1. The summed E-state index contributed by atoms with van der Waals surface area (Å²) in [5.74, 6) is -2.54. The third-order valence-corrected chi connectivity index (χ3v) is 7.43. The molecule has 0 aliphatic heterocycles. The second-order valence-electron chi connectivity index (χ2n) is 8.72. The van der Waals surface area contributed by atoms with E-state index >= 15 is 0 Å². The standard InChI is InChI=1S/C28H27N3O7S/c1-15-8-5-6-9-18(15)27(34)38-20-13-12-17(14-21(20)36-3)16(2)30-31-25(33)24(32)29-26-23(28(35)37-4)19-10-7-11-22(19)39-26/h5-6,8-9,12-14H,7,10-11H2,1-4H3,(H,29,32)(H,31,33)/b30-16+. The van der Waals surface area contributed by atoms with Gasteiger partial charge in [0.15, 0.2) is 11.5 Å². The Balaban J connectivity index is 1.43. The summed E-state index contributed by atoms with van der Waals surface area (Å²) in [6.07, 6.45) is 2.45. The van der Waals surface area contributed by atoms with Crippen molar-refractivity contribution in [2.75, 3.05) is 19.5 Å². The number of aryl methyl sites for hydroxylation is 2. The van der Waals surface area contributed by atoms with Gasteiger partial charge in [0.2, 0.25) is 0 Å². The van der Waals surface area contributed by atoms with Gasteiger partial charge in [0.1, 0.15) is 5.00 Å². The van der Waals surface area contributed by atoms with E-state index in [1.807, 2.05) is 19.1 Å². The lowest BCUT2D eigenvalue weighted by atomic mass is 10.1. The van der Waals surface area contributed by atoms with Gasteiger partial charge in [-0.15, -0.1) is 11.3 Å². The monoisotopic (exact) mass is 549 g/mol. The minimum atomic E-state index is -1.01. The van der Waals surface area contributed by atoms with Crippen LogP contribution in [-0.4, -0.2) is 43.7 Å². The Morgan fingerprint density at radius 1 is 0.949 bits per heavy atom. The van der Waals surface area contributed by atoms with Crippen molar-refractivity contribution in [3.8, 4) is 11.5 Å². The maximum Gasteiger partial charge on any atom is 0.343 e. The van der Waals surface area contributed by atoms with Gasteiger partial charge in [-0.25, -0.2) is 15.0 Å². The van der Waals surface area contributed by atoms with Crippen LogP contribution in [0.25, 0.3) is 0 Å². The zero-order valence-corrected chi connectivity index (χ0v) is 22.7. The number of carbonyl (C=O) groups excluding carboxylic acids is 4. The fourth-order valence-electron chi connectivity index (χ4n) is 4.15. The number of nitrogens with one attached hydrogen (secondary N) is 2. The van der Waals surface area contributed by atoms with Gasteiger partial charge in [0, 0.05) is 10.4 Å². The third kappa shape index (κ3) is 5.99. The Labute approximate surface area is 229 Å². The second kappa shape index (κ2) is 11.9. The Morgan fingerprint density at radius 3 is 2.44 bits per heavy atom. The number of nitrogens with zero attached hydrogens (tertiary/aromatic N) is 1. The number of methoxy groups -OCH3 is 2. The number of rotatable bonds is 7. The molecule has 0 spiro atoms. The molecular formula is C28H27N3O7S. The molecule has 2 amide bonds. The molecule has 4 rings (SSSR count). The quantitative estimate of drug-likeness (QED) is 0.149. The third-order valence-electron chi connectivity index (χ3n) is 6.22. The Hall–Kier alpha value is -4.51. The maximum atomic E-state index is 12.6. The van der Waals surface area contributed by atoms with Crippen molar-refractivity contribution < 1.29 is 33.4 Å². The van der Waals surface area contributed by atoms with Crippen LogP contribution >= 0.6 is 11.3 Å². The number of esters is 2. The highest BCUT2D eigenvalue weighted by Crippen LogP contribution is 2.39. The molecule has 11 heteroatoms. The minimum absolute atomic E-state index is 0.218. The smallest absolute Gasteiger partial charge is 0.343 e. The number of ether oxygens (including phenoxy) is 3. The molecule has 2 N–H and O–H groups in total. The van der Waals surface area contributed by atoms with Gasteiger partial charge in [-0.05, 0) is 68.5 Å². The van der Waals surface area contributed by atoms with E-state index in [0.717, 1.165) is 35.3 Å². The minimum Gasteiger partial charge on any atom is -0.493 e. The molecule has 0 bridgehead atoms. The van der Waals surface area contributed by atoms with E-state index in [0.29, 0.717) is 22.4 Å². The number of amides is 2. The molecule has 0 radical (unpaired) electrons. The first-order valence-corrected chi connectivity index (χ1v) is 12.9. The summed E-state index contributed by atoms with van der Waals surface area (Å²) in [5, 5.41) is 6.80. The number of carbonyl (C=O) groups is 4. The van der Waals surface area contributed by atoms with Crippen LogP contribution < -0.4 is 20.2 Å². The van der Waals surface area contributed by atoms with Crippen molar-refractivity contribution in [1.82, 2.24) is 5.43 Å². The lowest BCUT2D eigenvalue weighted by molar-refractivity contribution is -0.136. The molecule has 0 saturated heterocycles. The molecular weight excluding hydrogens is 522 g/mol. The topological polar surface area (TPSA) is 132 Å². The molecule has 0 saturated carbocycles. The van der Waals surface area contributed by atoms with E-state index < -0.39 is 23.8 Å². The first kappa shape index (κ1) is 27.5. The Kier molecular flexibility index (Phi) is 8.40. The van der Waals surface area contributed by atoms with Crippen molar-refractivity contribution in [1.29, 1.82) is 0 Å². The van der Waals surface area contributed by atoms with Crippen LogP contribution in [0.1, 0.15) is 55.6 Å². The number of hydrazone groups is 1. The average Bonchev–Trinajstić information content (AvgIpc) is 3.52. The average molecular weight is 550 g/mol. The van der Waals surface area contributed by atoms with Gasteiger partial charge in [-0.3, -0.25) is 9.59 Å². The predicted molar refractivity (Wildman–Crippen MR) is 146 cm³/mol. The fraction of sp³-hybridized carbons (Fsp3) is 0.250. The van der Waals surface area contributed by atoms with Crippen molar-refractivity contribution in [2.24, 2.45) is 5.10 Å². The summed E-state index contributed by atoms with van der Waals surface area (Å²) in [7, 11) is 2.71. The summed E-state index contributed by atoms with van der Waals surface area (Å²) >= 11 is 1.27. The van der Waals surface area contributed by atoms with E-state index in [4.69, 9.17) is 14.2 Å². The van der Waals surface area contributed by atoms with E-state index in [-0.39, 0.29) is 16.5 Å². The van der Waals surface area contributed by atoms with Crippen molar-refractivity contribution in [2.45, 2.75) is 33.1 Å². The van der Waals surface area contributed by atoms with Crippen LogP contribution in [0.3, 0.4) is 0 Å². The summed E-state index contributed by atoms with van der Waals surface area (Å²) < 4.78 is 15.8. The van der Waals surface area contributed by atoms with Gasteiger partial charge >= 0.3 is 23.8 Å². The summed E-state index contributed by atoms with van der Waals surface area (Å²) in [4.78, 5) is 50.9. The van der Waals surface area contributed by atoms with Crippen molar-refractivity contribution in [3.05, 3.63) is 75.2 Å². The van der Waals surface area contributed by atoms with Crippen LogP contribution in [-0.2, 0) is 27.2 Å². The highest BCUT2D eigenvalue weighted by Gasteiger charge is 2.29. The van der Waals surface area contributed by atoms with Crippen LogP contribution in [0.4, 0.5) is 5.00 Å². The molecule has 2 aromatic carbocycles. The molecule has 3 aromatic rings. The molecule has 1 heterocycles. The molecule has 0 atom stereocenters. The summed E-state index contributed by atoms with van der Waals surface area (Å²) in [6.45, 7) is 3.45. The number of fused-ring (bicyclic) bond motifs is 1. The normalized spacial score (nSPS) is 12.4. The lowest BCUT2D eigenvalue weighted by Crippen LogP contribution is -2.33. The van der Waals surface area contributed by atoms with Gasteiger partial charge in [-0.2, -0.15) is 5.10 Å². The molecule has 1 aromatic heterocycles. The van der Waals surface area contributed by atoms with Gasteiger partial charge in [0.25, 0.3) is 0 Å². The van der Waals surface area contributed by atoms with Crippen LogP contribution in [0.2, 0.25) is 0 Å². The van der Waals surface area contributed by atoms with Crippen molar-refractivity contribution >= 4 is 45.8 Å². The number of thiophene rings is 1. The molecule has 0 unspecified atom stereocenters. The SMILES string of the molecule is COC(=O)c1c(NC(=O)C(=O)N/N=C(\C)c2ccc(OC(=O)c3ccccc3C)c(OC)c2)sc2c1CCC2. The summed E-state index contributed by atoms with van der Waals surface area (Å²) in [6, 6.07) is 11.9. The lowest BCUT2D eigenvalue weighted by Gasteiger charge is -2.12. The molecule has 1 aliphatic carbocycles. The van der Waals surface area contributed by atoms with Gasteiger partial charge < -0.3 is 19.5 Å². The highest BCUT2D eigenvalue weighted by molar-refractivity contribution is 7.17. The fourth-order valence-corrected chi connectivity index (χ4v) is 5.43. The van der Waals surface area contributed by atoms with E-state index in [1.54, 1.807) is 37.3 Å². The maximum absolute atomic E-state index is 12.6. The van der Waals surface area contributed by atoms with Crippen LogP contribution in [0.5, 0.6) is 11.5 Å². The number of hydrogen-bond acceptors (Lipinski definition) is 9. The molecule has 39 heavy (non-hydrogen) atoms. The van der Waals surface area contributed by atoms with Gasteiger partial charge in [0.05, 0.1) is 31.1 Å². The van der Waals surface area contributed by atoms with Gasteiger partial charge in [-0.1, -0.05) is 18.2 Å². The number of benzene rings is 2. The zero-order chi connectivity index (χ0) is 28.1.